The van der Waals surface area contributed by atoms with Gasteiger partial charge in [0.05, 0.1) is 17.7 Å². The lowest BCUT2D eigenvalue weighted by Crippen LogP contribution is -2.27. The molecule has 0 aliphatic carbocycles. The van der Waals surface area contributed by atoms with Gasteiger partial charge in [-0.3, -0.25) is 15.1 Å². The molecule has 1 amide bonds. The SMILES string of the molecule is COc1ccc(N2C(=N)S/C(=C\c3cc(Cl)ccc3Oc3ccc(Cl)cc3)C2=O)cc1. The summed E-state index contributed by atoms with van der Waals surface area (Å²) in [4.78, 5) is 14.8. The Kier molecular flexibility index (Phi) is 6.23. The Hall–Kier alpha value is -2.93. The number of nitrogens with zero attached hydrogens (tertiary/aromatic N) is 1. The molecule has 1 fully saturated rings. The maximum Gasteiger partial charge on any atom is 0.271 e. The van der Waals surface area contributed by atoms with Crippen molar-refractivity contribution in [2.45, 2.75) is 0 Å². The number of amidine groups is 1. The molecule has 0 spiro atoms. The quantitative estimate of drug-likeness (QED) is 0.414. The molecule has 1 aliphatic heterocycles. The number of benzene rings is 3. The lowest BCUT2D eigenvalue weighted by atomic mass is 10.1. The summed E-state index contributed by atoms with van der Waals surface area (Å²) in [5, 5.41) is 9.52. The third-order valence-electron chi connectivity index (χ3n) is 4.45. The number of halogens is 2. The Morgan fingerprint density at radius 2 is 1.58 bits per heavy atom. The molecular formula is C23H16Cl2N2O3S. The Bertz CT molecular complexity index is 1180. The van der Waals surface area contributed by atoms with Crippen molar-refractivity contribution in [2.24, 2.45) is 0 Å². The smallest absolute Gasteiger partial charge is 0.271 e. The average molecular weight is 471 g/mol. The van der Waals surface area contributed by atoms with Gasteiger partial charge in [-0.15, -0.1) is 0 Å². The largest absolute Gasteiger partial charge is 0.497 e. The van der Waals surface area contributed by atoms with Crippen molar-refractivity contribution in [2.75, 3.05) is 12.0 Å². The predicted octanol–water partition coefficient (Wildman–Crippen LogP) is 6.85. The number of carbonyl (C=O) groups excluding carboxylic acids is 1. The number of thioether (sulfide) groups is 1. The van der Waals surface area contributed by atoms with Gasteiger partial charge in [0.2, 0.25) is 0 Å². The van der Waals surface area contributed by atoms with Gasteiger partial charge in [0, 0.05) is 15.6 Å². The lowest BCUT2D eigenvalue weighted by molar-refractivity contribution is -0.113. The third-order valence-corrected chi connectivity index (χ3v) is 5.83. The molecule has 0 aromatic heterocycles. The fraction of sp³-hybridized carbons (Fsp3) is 0.0435. The molecule has 0 unspecified atom stereocenters. The van der Waals surface area contributed by atoms with E-state index in [1.165, 1.54) is 4.90 Å². The number of nitrogens with one attached hydrogen (secondary N) is 1. The van der Waals surface area contributed by atoms with E-state index in [9.17, 15) is 4.79 Å². The highest BCUT2D eigenvalue weighted by Crippen LogP contribution is 2.38. The van der Waals surface area contributed by atoms with Gasteiger partial charge in [0.25, 0.3) is 5.91 Å². The molecule has 3 aromatic carbocycles. The second-order valence-electron chi connectivity index (χ2n) is 6.49. The molecule has 3 aromatic rings. The van der Waals surface area contributed by atoms with Crippen molar-refractivity contribution < 1.29 is 14.3 Å². The van der Waals surface area contributed by atoms with Gasteiger partial charge in [-0.25, -0.2) is 0 Å². The Balaban J connectivity index is 1.64. The average Bonchev–Trinajstić information content (AvgIpc) is 3.04. The number of methoxy groups -OCH3 is 1. The number of ether oxygens (including phenoxy) is 2. The number of carbonyl (C=O) groups is 1. The van der Waals surface area contributed by atoms with Crippen LogP contribution < -0.4 is 14.4 Å². The number of hydrogen-bond donors (Lipinski definition) is 1. The van der Waals surface area contributed by atoms with E-state index in [4.69, 9.17) is 38.1 Å². The first-order valence-corrected chi connectivity index (χ1v) is 10.7. The van der Waals surface area contributed by atoms with Crippen LogP contribution in [0.25, 0.3) is 6.08 Å². The first kappa shape index (κ1) is 21.3. The van der Waals surface area contributed by atoms with Crippen molar-refractivity contribution in [3.63, 3.8) is 0 Å². The molecule has 0 atom stereocenters. The molecular weight excluding hydrogens is 455 g/mol. The summed E-state index contributed by atoms with van der Waals surface area (Å²) in [6.07, 6.45) is 1.68. The van der Waals surface area contributed by atoms with E-state index >= 15 is 0 Å². The monoisotopic (exact) mass is 470 g/mol. The maximum absolute atomic E-state index is 13.0. The second-order valence-corrected chi connectivity index (χ2v) is 8.40. The zero-order valence-electron chi connectivity index (χ0n) is 16.3. The molecule has 1 aliphatic rings. The number of hydrogen-bond acceptors (Lipinski definition) is 5. The molecule has 1 heterocycles. The summed E-state index contributed by atoms with van der Waals surface area (Å²) < 4.78 is 11.1. The Morgan fingerprint density at radius 3 is 2.26 bits per heavy atom. The summed E-state index contributed by atoms with van der Waals surface area (Å²) in [5.41, 5.74) is 1.22. The second kappa shape index (κ2) is 9.06. The zero-order valence-corrected chi connectivity index (χ0v) is 18.6. The molecule has 8 heteroatoms. The van der Waals surface area contributed by atoms with Crippen LogP contribution in [0.4, 0.5) is 5.69 Å². The standard InChI is InChI=1S/C23H16Cl2N2O3S/c1-29-18-9-5-17(6-10-18)27-22(28)21(31-23(27)26)13-14-12-16(25)4-11-20(14)30-19-7-2-15(24)3-8-19/h2-13,26H,1H3/b21-13-,26-23?. The molecule has 156 valence electrons. The van der Waals surface area contributed by atoms with Gasteiger partial charge in [0.1, 0.15) is 17.2 Å². The maximum atomic E-state index is 13.0. The minimum absolute atomic E-state index is 0.114. The highest BCUT2D eigenvalue weighted by atomic mass is 35.5. The minimum atomic E-state index is -0.294. The van der Waals surface area contributed by atoms with Gasteiger partial charge in [-0.2, -0.15) is 0 Å². The molecule has 31 heavy (non-hydrogen) atoms. The van der Waals surface area contributed by atoms with E-state index in [1.54, 1.807) is 79.9 Å². The van der Waals surface area contributed by atoms with Crippen LogP contribution >= 0.6 is 35.0 Å². The van der Waals surface area contributed by atoms with E-state index in [1.807, 2.05) is 0 Å². The first-order valence-electron chi connectivity index (χ1n) is 9.14. The van der Waals surface area contributed by atoms with Gasteiger partial charge >= 0.3 is 0 Å². The fourth-order valence-corrected chi connectivity index (χ4v) is 4.11. The van der Waals surface area contributed by atoms with E-state index < -0.39 is 0 Å². The third kappa shape index (κ3) is 4.71. The van der Waals surface area contributed by atoms with Crippen LogP contribution in [-0.4, -0.2) is 18.2 Å². The highest BCUT2D eigenvalue weighted by Gasteiger charge is 2.33. The predicted molar refractivity (Wildman–Crippen MR) is 127 cm³/mol. The normalized spacial score (nSPS) is 14.9. The zero-order chi connectivity index (χ0) is 22.0. The van der Waals surface area contributed by atoms with Crippen molar-refractivity contribution in [1.29, 1.82) is 5.41 Å². The van der Waals surface area contributed by atoms with Crippen molar-refractivity contribution in [3.05, 3.63) is 87.2 Å². The van der Waals surface area contributed by atoms with Crippen LogP contribution in [0.5, 0.6) is 17.2 Å². The van der Waals surface area contributed by atoms with Crippen LogP contribution in [0.3, 0.4) is 0 Å². The molecule has 0 radical (unpaired) electrons. The van der Waals surface area contributed by atoms with E-state index in [2.05, 4.69) is 0 Å². The van der Waals surface area contributed by atoms with Crippen molar-refractivity contribution in [1.82, 2.24) is 0 Å². The van der Waals surface area contributed by atoms with Gasteiger partial charge < -0.3 is 9.47 Å². The number of amides is 1. The summed E-state index contributed by atoms with van der Waals surface area (Å²) in [6, 6.07) is 19.1. The lowest BCUT2D eigenvalue weighted by Gasteiger charge is -2.14. The topological polar surface area (TPSA) is 62.6 Å². The summed E-state index contributed by atoms with van der Waals surface area (Å²) in [6.45, 7) is 0. The molecule has 4 rings (SSSR count). The summed E-state index contributed by atoms with van der Waals surface area (Å²) >= 11 is 13.2. The molecule has 0 bridgehead atoms. The Morgan fingerprint density at radius 1 is 0.935 bits per heavy atom. The van der Waals surface area contributed by atoms with Crippen molar-refractivity contribution >= 4 is 57.8 Å². The summed E-state index contributed by atoms with van der Waals surface area (Å²) in [7, 11) is 1.57. The van der Waals surface area contributed by atoms with Gasteiger partial charge in [-0.1, -0.05) is 23.2 Å². The molecule has 0 saturated carbocycles. The van der Waals surface area contributed by atoms with Crippen LogP contribution in [0, 0.1) is 5.41 Å². The number of rotatable bonds is 5. The van der Waals surface area contributed by atoms with E-state index in [-0.39, 0.29) is 11.1 Å². The van der Waals surface area contributed by atoms with Gasteiger partial charge in [-0.05, 0) is 84.6 Å². The molecule has 5 nitrogen and oxygen atoms in total. The number of anilines is 1. The van der Waals surface area contributed by atoms with Crippen LogP contribution in [0.15, 0.2) is 71.6 Å². The minimum Gasteiger partial charge on any atom is -0.497 e. The highest BCUT2D eigenvalue weighted by molar-refractivity contribution is 8.19. The van der Waals surface area contributed by atoms with Crippen molar-refractivity contribution in [3.8, 4) is 17.2 Å². The van der Waals surface area contributed by atoms with Crippen LogP contribution in [-0.2, 0) is 4.79 Å². The van der Waals surface area contributed by atoms with Crippen LogP contribution in [0.2, 0.25) is 10.0 Å². The molecule has 1 N–H and O–H groups in total. The summed E-state index contributed by atoms with van der Waals surface area (Å²) in [5.74, 6) is 1.51. The van der Waals surface area contributed by atoms with E-state index in [0.29, 0.717) is 43.4 Å². The van der Waals surface area contributed by atoms with Gasteiger partial charge in [0.15, 0.2) is 5.17 Å². The van der Waals surface area contributed by atoms with E-state index in [0.717, 1.165) is 11.8 Å². The fourth-order valence-electron chi connectivity index (χ4n) is 2.95. The Labute approximate surface area is 193 Å². The molecule has 1 saturated heterocycles. The van der Waals surface area contributed by atoms with Crippen LogP contribution in [0.1, 0.15) is 5.56 Å². The first-order chi connectivity index (χ1) is 14.9.